The van der Waals surface area contributed by atoms with Gasteiger partial charge in [-0.2, -0.15) is 0 Å². The highest BCUT2D eigenvalue weighted by Gasteiger charge is 2.69. The van der Waals surface area contributed by atoms with Crippen LogP contribution in [0.3, 0.4) is 0 Å². The molecule has 0 aliphatic heterocycles. The minimum absolute atomic E-state index is 0.374. The topological polar surface area (TPSA) is 20.2 Å². The lowest BCUT2D eigenvalue weighted by Gasteiger charge is -2.48. The minimum Gasteiger partial charge on any atom is -0.377 e. The van der Waals surface area contributed by atoms with Gasteiger partial charge in [0, 0.05) is 5.57 Å². The van der Waals surface area contributed by atoms with Gasteiger partial charge in [-0.1, -0.05) is 128 Å². The van der Waals surface area contributed by atoms with Crippen LogP contribution in [-0.2, 0) is 0 Å². The first-order valence-electron chi connectivity index (χ1n) is 4.30. The Morgan fingerprint density at radius 1 is 0.800 bits per heavy atom. The molecule has 1 rings (SSSR count). The number of allylic oxidation sites excluding steroid dienone is 2. The smallest absolute Gasteiger partial charge is 0.227 e. The van der Waals surface area contributed by atoms with Crippen molar-refractivity contribution in [3.8, 4) is 0 Å². The lowest BCUT2D eigenvalue weighted by molar-refractivity contribution is 0.0793. The number of alkyl halides is 8. The van der Waals surface area contributed by atoms with Gasteiger partial charge in [0.05, 0.1) is 15.1 Å². The summed E-state index contributed by atoms with van der Waals surface area (Å²) in [6.45, 7) is 0. The Balaban J connectivity index is 3.83. The predicted octanol–water partition coefficient (Wildman–Crippen LogP) is 6.83. The van der Waals surface area contributed by atoms with E-state index < -0.39 is 33.2 Å². The number of aliphatic hydroxyl groups is 1. The third-order valence-electron chi connectivity index (χ3n) is 2.38. The van der Waals surface area contributed by atoms with Crippen molar-refractivity contribution >= 4 is 128 Å². The molecule has 1 aliphatic rings. The second-order valence-corrected chi connectivity index (χ2v) is 10.6. The lowest BCUT2D eigenvalue weighted by Crippen LogP contribution is -2.60. The third kappa shape index (κ3) is 3.10. The molecule has 0 fully saturated rings. The van der Waals surface area contributed by atoms with E-state index in [4.69, 9.17) is 128 Å². The molecule has 0 aromatic heterocycles. The van der Waals surface area contributed by atoms with E-state index in [1.165, 1.54) is 0 Å². The second-order valence-electron chi connectivity index (χ2n) is 3.60. The molecule has 116 valence electrons. The summed E-state index contributed by atoms with van der Waals surface area (Å²) in [6.07, 6.45) is 0. The Bertz CT molecular complexity index is 494. The molecule has 12 heteroatoms. The molecule has 0 aromatic carbocycles. The Morgan fingerprint density at radius 3 is 1.50 bits per heavy atom. The fraction of sp³-hybridized carbons (Fsp3) is 0.500. The Kier molecular flexibility index (Phi) is 6.38. The molecule has 20 heavy (non-hydrogen) atoms. The molecule has 0 amide bonds. The Hall–Kier alpha value is 2.63. The molecule has 0 bridgehead atoms. The van der Waals surface area contributed by atoms with Crippen molar-refractivity contribution in [2.24, 2.45) is 0 Å². The van der Waals surface area contributed by atoms with E-state index in [9.17, 15) is 5.11 Å². The van der Waals surface area contributed by atoms with Crippen molar-refractivity contribution in [3.05, 3.63) is 20.7 Å². The average Bonchev–Trinajstić information content (AvgIpc) is 2.19. The molecule has 0 aromatic rings. The van der Waals surface area contributed by atoms with Crippen LogP contribution in [0, 0.1) is 0 Å². The van der Waals surface area contributed by atoms with Gasteiger partial charge in [-0.05, 0) is 0 Å². The summed E-state index contributed by atoms with van der Waals surface area (Å²) in [5.74, 6) is 0. The lowest BCUT2D eigenvalue weighted by atomic mass is 9.89. The summed E-state index contributed by atoms with van der Waals surface area (Å²) in [6, 6.07) is 0. The number of rotatable bonds is 0. The summed E-state index contributed by atoms with van der Waals surface area (Å²) in [5, 5.41) is 9.23. The van der Waals surface area contributed by atoms with E-state index in [0.717, 1.165) is 0 Å². The van der Waals surface area contributed by atoms with E-state index in [2.05, 4.69) is 0 Å². The van der Waals surface area contributed by atoms with E-state index in [-0.39, 0.29) is 5.03 Å². The average molecular weight is 503 g/mol. The molecule has 1 aliphatic carbocycles. The Morgan fingerprint density at radius 2 is 1.20 bits per heavy atom. The molecular weight excluding hydrogens is 502 g/mol. The standard InChI is InChI=1S/C8HCl11O/c9-1-2(10)4(11)5(20,8(17,18)19)6(12,13)3(1)7(14,15)16/h20H. The number of halogens is 11. The van der Waals surface area contributed by atoms with Crippen LogP contribution >= 0.6 is 128 Å². The first kappa shape index (κ1) is 20.7. The van der Waals surface area contributed by atoms with Gasteiger partial charge < -0.3 is 5.11 Å². The largest absolute Gasteiger partial charge is 0.377 e. The van der Waals surface area contributed by atoms with Gasteiger partial charge in [-0.3, -0.25) is 0 Å². The van der Waals surface area contributed by atoms with E-state index in [0.29, 0.717) is 0 Å². The van der Waals surface area contributed by atoms with Crippen molar-refractivity contribution < 1.29 is 5.11 Å². The number of hydrogen-bond donors (Lipinski definition) is 1. The van der Waals surface area contributed by atoms with Crippen LogP contribution in [0.4, 0.5) is 0 Å². The Labute approximate surface area is 169 Å². The maximum atomic E-state index is 10.6. The summed E-state index contributed by atoms with van der Waals surface area (Å²) >= 11 is 64.1. The monoisotopic (exact) mass is 498 g/mol. The summed E-state index contributed by atoms with van der Waals surface area (Å²) < 4.78 is -7.23. The van der Waals surface area contributed by atoms with Crippen LogP contribution in [0.5, 0.6) is 0 Å². The van der Waals surface area contributed by atoms with Crippen molar-refractivity contribution in [1.82, 2.24) is 0 Å². The molecule has 0 saturated heterocycles. The maximum absolute atomic E-state index is 10.6. The molecule has 0 saturated carbocycles. The van der Waals surface area contributed by atoms with Crippen molar-refractivity contribution in [3.63, 3.8) is 0 Å². The van der Waals surface area contributed by atoms with Gasteiger partial charge in [0.2, 0.25) is 7.59 Å². The number of hydrogen-bond acceptors (Lipinski definition) is 1. The van der Waals surface area contributed by atoms with Crippen LogP contribution in [0.2, 0.25) is 0 Å². The predicted molar refractivity (Wildman–Crippen MR) is 91.6 cm³/mol. The first-order chi connectivity index (χ1) is 8.60. The first-order valence-corrected chi connectivity index (χ1v) is 8.46. The zero-order valence-corrected chi connectivity index (χ0v) is 16.9. The van der Waals surface area contributed by atoms with Gasteiger partial charge in [0.15, 0.2) is 9.93 Å². The van der Waals surface area contributed by atoms with E-state index >= 15 is 0 Å². The fourth-order valence-corrected chi connectivity index (χ4v) is 5.89. The minimum atomic E-state index is -2.70. The molecule has 0 radical (unpaired) electrons. The molecule has 1 unspecified atom stereocenters. The third-order valence-corrected chi connectivity index (χ3v) is 6.11. The SMILES string of the molecule is OC1(C(Cl)(Cl)Cl)C(Cl)=C(Cl)C(Cl)=C(C(Cl)(Cl)Cl)C1(Cl)Cl. The van der Waals surface area contributed by atoms with E-state index in [1.54, 1.807) is 0 Å². The van der Waals surface area contributed by atoms with E-state index in [1.807, 2.05) is 0 Å². The molecule has 1 N–H and O–H groups in total. The molecule has 0 heterocycles. The molecule has 1 nitrogen and oxygen atoms in total. The van der Waals surface area contributed by atoms with Gasteiger partial charge in [0.25, 0.3) is 0 Å². The van der Waals surface area contributed by atoms with Crippen LogP contribution in [0.25, 0.3) is 0 Å². The highest BCUT2D eigenvalue weighted by atomic mass is 35.6. The molecule has 0 spiro atoms. The van der Waals surface area contributed by atoms with Gasteiger partial charge >= 0.3 is 0 Å². The van der Waals surface area contributed by atoms with Crippen molar-refractivity contribution in [2.75, 3.05) is 0 Å². The summed E-state index contributed by atoms with van der Waals surface area (Å²) in [7, 11) is 0. The highest BCUT2D eigenvalue weighted by Crippen LogP contribution is 2.65. The maximum Gasteiger partial charge on any atom is 0.227 e. The van der Waals surface area contributed by atoms with Crippen LogP contribution < -0.4 is 0 Å². The highest BCUT2D eigenvalue weighted by molar-refractivity contribution is 6.74. The zero-order chi connectivity index (χ0) is 16.3. The quantitative estimate of drug-likeness (QED) is 0.360. The van der Waals surface area contributed by atoms with Crippen LogP contribution in [0.1, 0.15) is 0 Å². The van der Waals surface area contributed by atoms with Gasteiger partial charge in [-0.15, -0.1) is 0 Å². The zero-order valence-electron chi connectivity index (χ0n) is 8.60. The molecule has 1 atom stereocenters. The van der Waals surface area contributed by atoms with Gasteiger partial charge in [-0.25, -0.2) is 0 Å². The molecular formula is C8HCl11O. The summed E-state index contributed by atoms with van der Waals surface area (Å²) in [5.41, 5.74) is -3.20. The summed E-state index contributed by atoms with van der Waals surface area (Å²) in [4.78, 5) is 0. The van der Waals surface area contributed by atoms with Gasteiger partial charge in [0.1, 0.15) is 0 Å². The van der Waals surface area contributed by atoms with Crippen molar-refractivity contribution in [2.45, 2.75) is 17.5 Å². The van der Waals surface area contributed by atoms with Crippen molar-refractivity contribution in [1.29, 1.82) is 0 Å². The van der Waals surface area contributed by atoms with Crippen LogP contribution in [-0.4, -0.2) is 22.6 Å². The normalized spacial score (nSPS) is 28.2. The second kappa shape index (κ2) is 6.17. The fourth-order valence-electron chi connectivity index (χ4n) is 1.43. The van der Waals surface area contributed by atoms with Crippen LogP contribution in [0.15, 0.2) is 20.7 Å².